The van der Waals surface area contributed by atoms with Crippen LogP contribution >= 0.6 is 11.6 Å². The van der Waals surface area contributed by atoms with Gasteiger partial charge in [0.1, 0.15) is 5.82 Å². The summed E-state index contributed by atoms with van der Waals surface area (Å²) in [6.45, 7) is 3.55. The lowest BCUT2D eigenvalue weighted by atomic mass is 10.1. The van der Waals surface area contributed by atoms with Crippen LogP contribution in [0.1, 0.15) is 16.8 Å². The predicted octanol–water partition coefficient (Wildman–Crippen LogP) is 4.73. The Morgan fingerprint density at radius 1 is 0.962 bits per heavy atom. The van der Waals surface area contributed by atoms with Gasteiger partial charge in [-0.2, -0.15) is 4.98 Å². The van der Waals surface area contributed by atoms with Crippen LogP contribution in [0, 0.1) is 6.92 Å². The molecule has 26 heavy (non-hydrogen) atoms. The molecule has 0 atom stereocenters. The second kappa shape index (κ2) is 8.68. The van der Waals surface area contributed by atoms with Crippen LogP contribution in [-0.4, -0.2) is 23.6 Å². The van der Waals surface area contributed by atoms with Gasteiger partial charge >= 0.3 is 0 Å². The molecule has 0 aliphatic rings. The lowest BCUT2D eigenvalue weighted by Gasteiger charge is -2.19. The Hall–Kier alpha value is -2.59. The molecule has 0 aliphatic carbocycles. The van der Waals surface area contributed by atoms with Gasteiger partial charge in [0.15, 0.2) is 0 Å². The van der Waals surface area contributed by atoms with E-state index in [0.29, 0.717) is 5.95 Å². The van der Waals surface area contributed by atoms with Gasteiger partial charge in [-0.15, -0.1) is 0 Å². The highest BCUT2D eigenvalue weighted by Crippen LogP contribution is 2.16. The summed E-state index contributed by atoms with van der Waals surface area (Å²) in [6.07, 6.45) is 0.868. The molecule has 0 bridgehead atoms. The maximum absolute atomic E-state index is 6.03. The van der Waals surface area contributed by atoms with Crippen LogP contribution in [0.5, 0.6) is 0 Å². The molecule has 3 rings (SSSR count). The molecule has 134 valence electrons. The fraction of sp³-hybridized carbons (Fsp3) is 0.238. The zero-order chi connectivity index (χ0) is 18.4. The molecule has 0 radical (unpaired) electrons. The van der Waals surface area contributed by atoms with Gasteiger partial charge in [-0.3, -0.25) is 0 Å². The van der Waals surface area contributed by atoms with Crippen LogP contribution < -0.4 is 10.2 Å². The minimum Gasteiger partial charge on any atom is -0.355 e. The van der Waals surface area contributed by atoms with Crippen LogP contribution in [0.25, 0.3) is 0 Å². The van der Waals surface area contributed by atoms with Crippen LogP contribution in [0.4, 0.5) is 11.8 Å². The summed E-state index contributed by atoms with van der Waals surface area (Å²) in [7, 11) is 2.05. The molecule has 2 aromatic carbocycles. The Morgan fingerprint density at radius 3 is 2.50 bits per heavy atom. The van der Waals surface area contributed by atoms with Crippen molar-refractivity contribution < 1.29 is 0 Å². The lowest BCUT2D eigenvalue weighted by molar-refractivity contribution is 0.881. The van der Waals surface area contributed by atoms with E-state index >= 15 is 0 Å². The molecule has 1 heterocycles. The van der Waals surface area contributed by atoms with Gasteiger partial charge in [-0.1, -0.05) is 54.1 Å². The zero-order valence-corrected chi connectivity index (χ0v) is 15.9. The number of nitrogens with one attached hydrogen (secondary N) is 1. The highest BCUT2D eigenvalue weighted by atomic mass is 35.5. The Bertz CT molecular complexity index is 852. The number of hydrogen-bond donors (Lipinski definition) is 1. The average molecular weight is 367 g/mol. The number of rotatable bonds is 7. The van der Waals surface area contributed by atoms with E-state index in [2.05, 4.69) is 50.5 Å². The largest absolute Gasteiger partial charge is 0.355 e. The molecular weight excluding hydrogens is 344 g/mol. The van der Waals surface area contributed by atoms with E-state index in [1.807, 2.05) is 44.3 Å². The summed E-state index contributed by atoms with van der Waals surface area (Å²) >= 11 is 6.03. The number of benzene rings is 2. The van der Waals surface area contributed by atoms with Crippen LogP contribution in [-0.2, 0) is 13.0 Å². The van der Waals surface area contributed by atoms with Gasteiger partial charge in [0, 0.05) is 36.9 Å². The van der Waals surface area contributed by atoms with Crippen molar-refractivity contribution in [2.45, 2.75) is 19.9 Å². The number of halogens is 1. The summed E-state index contributed by atoms with van der Waals surface area (Å²) in [5.74, 6) is 1.56. The van der Waals surface area contributed by atoms with Gasteiger partial charge in [-0.25, -0.2) is 4.98 Å². The summed E-state index contributed by atoms with van der Waals surface area (Å²) in [6, 6.07) is 20.3. The van der Waals surface area contributed by atoms with E-state index in [1.165, 1.54) is 11.1 Å². The first-order valence-electron chi connectivity index (χ1n) is 8.69. The van der Waals surface area contributed by atoms with Gasteiger partial charge in [0.25, 0.3) is 0 Å². The number of nitrogens with zero attached hydrogens (tertiary/aromatic N) is 3. The lowest BCUT2D eigenvalue weighted by Crippen LogP contribution is -2.19. The Morgan fingerprint density at radius 2 is 1.73 bits per heavy atom. The minimum absolute atomic E-state index is 0.655. The maximum atomic E-state index is 6.03. The Balaban J connectivity index is 1.63. The molecule has 0 fully saturated rings. The standard InChI is InChI=1S/C21H23ClN4/c1-16-13-20(26(2)15-18-7-4-3-5-8-18)25-21(24-16)23-12-11-17-9-6-10-19(22)14-17/h3-10,13-14H,11-12,15H2,1-2H3,(H,23,24,25). The van der Waals surface area contributed by atoms with E-state index in [9.17, 15) is 0 Å². The fourth-order valence-corrected chi connectivity index (χ4v) is 2.99. The molecule has 0 saturated heterocycles. The van der Waals surface area contributed by atoms with Crippen molar-refractivity contribution in [1.29, 1.82) is 0 Å². The van der Waals surface area contributed by atoms with Gasteiger partial charge in [0.2, 0.25) is 5.95 Å². The number of hydrogen-bond acceptors (Lipinski definition) is 4. The van der Waals surface area contributed by atoms with E-state index in [1.54, 1.807) is 0 Å². The Labute approximate surface area is 159 Å². The van der Waals surface area contributed by atoms with Crippen LogP contribution in [0.2, 0.25) is 5.02 Å². The van der Waals surface area contributed by atoms with E-state index < -0.39 is 0 Å². The van der Waals surface area contributed by atoms with E-state index in [4.69, 9.17) is 11.6 Å². The predicted molar refractivity (Wildman–Crippen MR) is 109 cm³/mol. The number of aryl methyl sites for hydroxylation is 1. The first kappa shape index (κ1) is 18.2. The molecule has 1 N–H and O–H groups in total. The van der Waals surface area contributed by atoms with Crippen molar-refractivity contribution in [3.8, 4) is 0 Å². The second-order valence-electron chi connectivity index (χ2n) is 6.34. The molecular formula is C21H23ClN4. The second-order valence-corrected chi connectivity index (χ2v) is 6.78. The Kier molecular flexibility index (Phi) is 6.08. The normalized spacial score (nSPS) is 10.6. The quantitative estimate of drug-likeness (QED) is 0.656. The van der Waals surface area contributed by atoms with Gasteiger partial charge in [-0.05, 0) is 36.6 Å². The molecule has 0 unspecified atom stereocenters. The third kappa shape index (κ3) is 5.20. The molecule has 5 heteroatoms. The van der Waals surface area contributed by atoms with Crippen molar-refractivity contribution in [1.82, 2.24) is 9.97 Å². The van der Waals surface area contributed by atoms with Crippen LogP contribution in [0.15, 0.2) is 60.7 Å². The summed E-state index contributed by atoms with van der Waals surface area (Å²) < 4.78 is 0. The maximum Gasteiger partial charge on any atom is 0.224 e. The van der Waals surface area contributed by atoms with Crippen molar-refractivity contribution in [2.24, 2.45) is 0 Å². The summed E-state index contributed by atoms with van der Waals surface area (Å²) in [4.78, 5) is 11.3. The number of anilines is 2. The molecule has 0 amide bonds. The topological polar surface area (TPSA) is 41.1 Å². The molecule has 0 spiro atoms. The van der Waals surface area contributed by atoms with Crippen molar-refractivity contribution in [2.75, 3.05) is 23.8 Å². The molecule has 4 nitrogen and oxygen atoms in total. The van der Waals surface area contributed by atoms with Gasteiger partial charge < -0.3 is 10.2 Å². The molecule has 1 aromatic heterocycles. The fourth-order valence-electron chi connectivity index (χ4n) is 2.78. The summed E-state index contributed by atoms with van der Waals surface area (Å²) in [5, 5.41) is 4.08. The third-order valence-electron chi connectivity index (χ3n) is 4.08. The SMILES string of the molecule is Cc1cc(N(C)Cc2ccccc2)nc(NCCc2cccc(Cl)c2)n1. The summed E-state index contributed by atoms with van der Waals surface area (Å²) in [5.41, 5.74) is 3.39. The third-order valence-corrected chi connectivity index (χ3v) is 4.32. The average Bonchev–Trinajstić information content (AvgIpc) is 2.62. The first-order valence-corrected chi connectivity index (χ1v) is 9.07. The van der Waals surface area contributed by atoms with Crippen LogP contribution in [0.3, 0.4) is 0 Å². The van der Waals surface area contributed by atoms with E-state index in [0.717, 1.165) is 36.0 Å². The highest BCUT2D eigenvalue weighted by Gasteiger charge is 2.07. The van der Waals surface area contributed by atoms with Crippen molar-refractivity contribution in [3.05, 3.63) is 82.5 Å². The van der Waals surface area contributed by atoms with Crippen molar-refractivity contribution >= 4 is 23.4 Å². The molecule has 0 aliphatic heterocycles. The smallest absolute Gasteiger partial charge is 0.224 e. The monoisotopic (exact) mass is 366 g/mol. The van der Waals surface area contributed by atoms with Gasteiger partial charge in [0.05, 0.1) is 0 Å². The molecule has 3 aromatic rings. The van der Waals surface area contributed by atoms with Crippen molar-refractivity contribution in [3.63, 3.8) is 0 Å². The number of aromatic nitrogens is 2. The first-order chi connectivity index (χ1) is 12.6. The zero-order valence-electron chi connectivity index (χ0n) is 15.1. The molecule has 0 saturated carbocycles. The minimum atomic E-state index is 0.655. The van der Waals surface area contributed by atoms with E-state index in [-0.39, 0.29) is 0 Å². The highest BCUT2D eigenvalue weighted by molar-refractivity contribution is 6.30.